The van der Waals surface area contributed by atoms with Crippen molar-refractivity contribution >= 4 is 17.5 Å². The molecule has 2 fully saturated rings. The largest absolute Gasteiger partial charge is 0.379 e. The highest BCUT2D eigenvalue weighted by atomic mass is 16.5. The van der Waals surface area contributed by atoms with Crippen molar-refractivity contribution in [3.05, 3.63) is 59.9 Å². The molecule has 2 aliphatic rings. The smallest absolute Gasteiger partial charge is 0.253 e. The van der Waals surface area contributed by atoms with Crippen LogP contribution in [0.3, 0.4) is 0 Å². The Labute approximate surface area is 238 Å². The number of carbonyl (C=O) groups excluding carboxylic acids is 2. The van der Waals surface area contributed by atoms with Crippen molar-refractivity contribution in [3.8, 4) is 6.19 Å². The highest BCUT2D eigenvalue weighted by Gasteiger charge is 2.51. The van der Waals surface area contributed by atoms with Crippen LogP contribution in [0.1, 0.15) is 77.3 Å². The van der Waals surface area contributed by atoms with Gasteiger partial charge in [-0.1, -0.05) is 58.2 Å². The Hall–Kier alpha value is -3.44. The molecule has 2 heterocycles. The van der Waals surface area contributed by atoms with Gasteiger partial charge < -0.3 is 9.64 Å². The molecular formula is C32H43N5O3. The summed E-state index contributed by atoms with van der Waals surface area (Å²) >= 11 is 0. The summed E-state index contributed by atoms with van der Waals surface area (Å²) in [5.41, 5.74) is 0.879. The molecule has 0 N–H and O–H groups in total. The SMILES string of the molecule is COC1CC(C(=O)N(c2ccc(C(C)(C)C)cc2)C(C)(C(=O)N(C)C2CCCCC2)c2cccnc2)N(C#N)C1. The fraction of sp³-hybridized carbons (Fsp3) is 0.562. The molecule has 3 unspecified atom stereocenters. The summed E-state index contributed by atoms with van der Waals surface area (Å²) in [4.78, 5) is 38.6. The molecule has 4 rings (SSSR count). The Morgan fingerprint density at radius 2 is 1.73 bits per heavy atom. The van der Waals surface area contributed by atoms with E-state index in [1.54, 1.807) is 30.5 Å². The molecule has 1 aliphatic heterocycles. The number of aromatic nitrogens is 1. The summed E-state index contributed by atoms with van der Waals surface area (Å²) in [5.74, 6) is -0.466. The van der Waals surface area contributed by atoms with Crippen molar-refractivity contribution < 1.29 is 14.3 Å². The number of ether oxygens (including phenoxy) is 1. The van der Waals surface area contributed by atoms with Gasteiger partial charge in [0.05, 0.1) is 12.6 Å². The molecule has 2 amide bonds. The monoisotopic (exact) mass is 545 g/mol. The number of rotatable bonds is 7. The molecule has 40 heavy (non-hydrogen) atoms. The van der Waals surface area contributed by atoms with E-state index in [1.807, 2.05) is 49.2 Å². The predicted molar refractivity (Wildman–Crippen MR) is 155 cm³/mol. The van der Waals surface area contributed by atoms with Crippen LogP contribution >= 0.6 is 0 Å². The second-order valence-electron chi connectivity index (χ2n) is 12.4. The minimum Gasteiger partial charge on any atom is -0.379 e. The van der Waals surface area contributed by atoms with Crippen LogP contribution in [-0.2, 0) is 25.3 Å². The van der Waals surface area contributed by atoms with Crippen LogP contribution in [0, 0.1) is 11.5 Å². The van der Waals surface area contributed by atoms with Gasteiger partial charge in [0, 0.05) is 50.3 Å². The molecule has 0 bridgehead atoms. The van der Waals surface area contributed by atoms with Gasteiger partial charge in [0.2, 0.25) is 0 Å². The van der Waals surface area contributed by atoms with Crippen LogP contribution < -0.4 is 4.90 Å². The zero-order valence-corrected chi connectivity index (χ0v) is 24.8. The molecule has 1 aromatic heterocycles. The number of nitriles is 1. The summed E-state index contributed by atoms with van der Waals surface area (Å²) < 4.78 is 5.55. The van der Waals surface area contributed by atoms with Crippen LogP contribution in [0.2, 0.25) is 0 Å². The Kier molecular flexibility index (Phi) is 8.84. The quantitative estimate of drug-likeness (QED) is 0.456. The number of likely N-dealkylation sites (tertiary alicyclic amines) is 1. The average molecular weight is 546 g/mol. The normalized spacial score (nSPS) is 21.4. The van der Waals surface area contributed by atoms with E-state index >= 15 is 0 Å². The summed E-state index contributed by atoms with van der Waals surface area (Å²) in [6.45, 7) is 8.57. The van der Waals surface area contributed by atoms with Gasteiger partial charge in [0.1, 0.15) is 6.04 Å². The second kappa shape index (κ2) is 12.0. The lowest BCUT2D eigenvalue weighted by molar-refractivity contribution is -0.141. The first-order valence-electron chi connectivity index (χ1n) is 14.3. The highest BCUT2D eigenvalue weighted by Crippen LogP contribution is 2.39. The lowest BCUT2D eigenvalue weighted by Crippen LogP contribution is -2.61. The number of anilines is 1. The van der Waals surface area contributed by atoms with E-state index in [4.69, 9.17) is 4.74 Å². The van der Waals surface area contributed by atoms with Gasteiger partial charge in [-0.05, 0) is 48.9 Å². The number of pyridine rings is 1. The minimum absolute atomic E-state index is 0.0776. The predicted octanol–water partition coefficient (Wildman–Crippen LogP) is 4.99. The Bertz CT molecular complexity index is 1210. The summed E-state index contributed by atoms with van der Waals surface area (Å²) in [6.07, 6.45) is 10.9. The number of likely N-dealkylation sites (N-methyl/N-ethyl adjacent to an activating group) is 1. The van der Waals surface area contributed by atoms with Crippen molar-refractivity contribution in [1.29, 1.82) is 5.26 Å². The number of nitrogens with zero attached hydrogens (tertiary/aromatic N) is 5. The molecular weight excluding hydrogens is 502 g/mol. The van der Waals surface area contributed by atoms with E-state index in [0.717, 1.165) is 31.2 Å². The number of hydrogen-bond donors (Lipinski definition) is 0. The third kappa shape index (κ3) is 5.71. The molecule has 3 atom stereocenters. The third-order valence-corrected chi connectivity index (χ3v) is 8.75. The third-order valence-electron chi connectivity index (χ3n) is 8.75. The molecule has 1 aliphatic carbocycles. The van der Waals surface area contributed by atoms with E-state index in [2.05, 4.69) is 31.9 Å². The first kappa shape index (κ1) is 29.5. The molecule has 8 nitrogen and oxygen atoms in total. The van der Waals surface area contributed by atoms with Gasteiger partial charge in [-0.15, -0.1) is 0 Å². The summed E-state index contributed by atoms with van der Waals surface area (Å²) in [5, 5.41) is 9.93. The molecule has 1 saturated heterocycles. The Morgan fingerprint density at radius 3 is 2.27 bits per heavy atom. The van der Waals surface area contributed by atoms with Crippen LogP contribution in [0.4, 0.5) is 5.69 Å². The van der Waals surface area contributed by atoms with E-state index in [0.29, 0.717) is 24.2 Å². The van der Waals surface area contributed by atoms with Crippen molar-refractivity contribution in [1.82, 2.24) is 14.8 Å². The summed E-state index contributed by atoms with van der Waals surface area (Å²) in [7, 11) is 3.45. The number of methoxy groups -OCH3 is 1. The van der Waals surface area contributed by atoms with Gasteiger partial charge in [0.15, 0.2) is 11.7 Å². The van der Waals surface area contributed by atoms with Gasteiger partial charge in [-0.25, -0.2) is 0 Å². The van der Waals surface area contributed by atoms with Crippen molar-refractivity contribution in [2.24, 2.45) is 0 Å². The van der Waals surface area contributed by atoms with Gasteiger partial charge in [-0.3, -0.25) is 24.4 Å². The topological polar surface area (TPSA) is 89.8 Å². The van der Waals surface area contributed by atoms with Crippen molar-refractivity contribution in [3.63, 3.8) is 0 Å². The lowest BCUT2D eigenvalue weighted by Gasteiger charge is -2.45. The fourth-order valence-electron chi connectivity index (χ4n) is 6.15. The maximum absolute atomic E-state index is 14.7. The number of hydrogen-bond acceptors (Lipinski definition) is 6. The molecule has 1 saturated carbocycles. The molecule has 8 heteroatoms. The first-order chi connectivity index (χ1) is 19.0. The maximum Gasteiger partial charge on any atom is 0.253 e. The minimum atomic E-state index is -1.40. The van der Waals surface area contributed by atoms with Crippen LogP contribution in [0.5, 0.6) is 0 Å². The van der Waals surface area contributed by atoms with E-state index in [9.17, 15) is 14.9 Å². The number of benzene rings is 1. The molecule has 214 valence electrons. The maximum atomic E-state index is 14.7. The van der Waals surface area contributed by atoms with E-state index in [-0.39, 0.29) is 29.4 Å². The van der Waals surface area contributed by atoms with Crippen LogP contribution in [0.15, 0.2) is 48.8 Å². The fourth-order valence-corrected chi connectivity index (χ4v) is 6.15. The average Bonchev–Trinajstić information content (AvgIpc) is 3.41. The summed E-state index contributed by atoms with van der Waals surface area (Å²) in [6, 6.07) is 10.9. The van der Waals surface area contributed by atoms with Crippen LogP contribution in [0.25, 0.3) is 0 Å². The Balaban J connectivity index is 1.88. The number of amides is 2. The molecule has 0 radical (unpaired) electrons. The molecule has 0 spiro atoms. The Morgan fingerprint density at radius 1 is 1.05 bits per heavy atom. The second-order valence-corrected chi connectivity index (χ2v) is 12.4. The highest BCUT2D eigenvalue weighted by molar-refractivity contribution is 6.06. The standard InChI is InChI=1S/C32H43N5O3/c1-31(2,3)23-14-16-26(17-15-23)37(29(38)28-19-27(40-6)21-36(28)22-33)32(4,24-11-10-18-34-20-24)30(39)35(5)25-12-8-7-9-13-25/h10-11,14-18,20,25,27-28H,7-9,12-13,19,21H2,1-6H3. The first-order valence-corrected chi connectivity index (χ1v) is 14.3. The van der Waals surface area contributed by atoms with Gasteiger partial charge in [0.25, 0.3) is 11.8 Å². The van der Waals surface area contributed by atoms with E-state index < -0.39 is 11.6 Å². The van der Waals surface area contributed by atoms with Crippen molar-refractivity contribution in [2.45, 2.75) is 95.4 Å². The number of carbonyl (C=O) groups is 2. The zero-order chi connectivity index (χ0) is 29.1. The molecule has 2 aromatic rings. The van der Waals surface area contributed by atoms with Crippen LogP contribution in [-0.4, -0.2) is 65.5 Å². The van der Waals surface area contributed by atoms with Gasteiger partial charge >= 0.3 is 0 Å². The van der Waals surface area contributed by atoms with E-state index in [1.165, 1.54) is 11.3 Å². The van der Waals surface area contributed by atoms with Crippen molar-refractivity contribution in [2.75, 3.05) is 25.6 Å². The zero-order valence-electron chi connectivity index (χ0n) is 24.8. The lowest BCUT2D eigenvalue weighted by atomic mass is 9.84. The van der Waals surface area contributed by atoms with Gasteiger partial charge in [-0.2, -0.15) is 5.26 Å². The molecule has 1 aromatic carbocycles.